The Morgan fingerprint density at radius 3 is 2.52 bits per heavy atom. The molecule has 0 unspecified atom stereocenters. The van der Waals surface area contributed by atoms with E-state index in [4.69, 9.17) is 0 Å². The summed E-state index contributed by atoms with van der Waals surface area (Å²) in [4.78, 5) is 28.7. The second-order valence-electron chi connectivity index (χ2n) is 8.08. The lowest BCUT2D eigenvalue weighted by atomic mass is 10.0. The molecule has 1 amide bonds. The first-order valence-corrected chi connectivity index (χ1v) is 10.4. The molecular formula is C23H27N3O3. The van der Waals surface area contributed by atoms with Gasteiger partial charge in [-0.15, -0.1) is 0 Å². The number of hydrogen-bond donors (Lipinski definition) is 0. The average Bonchev–Trinajstić information content (AvgIpc) is 3.37. The molecule has 6 nitrogen and oxygen atoms in total. The first-order valence-electron chi connectivity index (χ1n) is 10.4. The van der Waals surface area contributed by atoms with E-state index in [1.54, 1.807) is 19.1 Å². The number of carbonyl (C=O) groups is 1. The molecule has 2 fully saturated rings. The van der Waals surface area contributed by atoms with Crippen LogP contribution in [-0.2, 0) is 6.54 Å². The number of nitro benzene ring substituents is 1. The van der Waals surface area contributed by atoms with E-state index >= 15 is 0 Å². The molecule has 2 aliphatic rings. The number of nitro groups is 1. The Balaban J connectivity index is 1.55. The van der Waals surface area contributed by atoms with Gasteiger partial charge in [-0.3, -0.25) is 19.8 Å². The minimum absolute atomic E-state index is 0.0122. The summed E-state index contributed by atoms with van der Waals surface area (Å²) in [6, 6.07) is 15.8. The van der Waals surface area contributed by atoms with Gasteiger partial charge in [-0.2, -0.15) is 0 Å². The first kappa shape index (κ1) is 19.6. The summed E-state index contributed by atoms with van der Waals surface area (Å²) >= 11 is 0. The highest BCUT2D eigenvalue weighted by Crippen LogP contribution is 2.33. The quantitative estimate of drug-likeness (QED) is 0.565. The van der Waals surface area contributed by atoms with Crippen LogP contribution in [0.1, 0.15) is 47.2 Å². The number of amides is 1. The Hall–Kier alpha value is -2.73. The van der Waals surface area contributed by atoms with E-state index in [1.807, 2.05) is 11.0 Å². The second-order valence-corrected chi connectivity index (χ2v) is 8.08. The fraction of sp³-hybridized carbons (Fsp3) is 0.435. The van der Waals surface area contributed by atoms with Gasteiger partial charge in [-0.1, -0.05) is 36.4 Å². The number of carbonyl (C=O) groups excluding carboxylic acids is 1. The van der Waals surface area contributed by atoms with Crippen LogP contribution in [0.5, 0.6) is 0 Å². The van der Waals surface area contributed by atoms with E-state index in [-0.39, 0.29) is 17.6 Å². The molecule has 0 N–H and O–H groups in total. The fourth-order valence-corrected chi connectivity index (χ4v) is 4.95. The summed E-state index contributed by atoms with van der Waals surface area (Å²) in [5.74, 6) is -0.0692. The zero-order chi connectivity index (χ0) is 20.4. The lowest BCUT2D eigenvalue weighted by Crippen LogP contribution is -2.48. The molecule has 0 bridgehead atoms. The Kier molecular flexibility index (Phi) is 5.62. The van der Waals surface area contributed by atoms with Gasteiger partial charge in [-0.25, -0.2) is 0 Å². The van der Waals surface area contributed by atoms with Gasteiger partial charge in [0, 0.05) is 42.4 Å². The van der Waals surface area contributed by atoms with Gasteiger partial charge in [0.1, 0.15) is 0 Å². The van der Waals surface area contributed by atoms with E-state index in [0.717, 1.165) is 45.3 Å². The van der Waals surface area contributed by atoms with Gasteiger partial charge in [0.05, 0.1) is 4.92 Å². The highest BCUT2D eigenvalue weighted by atomic mass is 16.6. The van der Waals surface area contributed by atoms with Gasteiger partial charge in [0.15, 0.2) is 0 Å². The Morgan fingerprint density at radius 1 is 1.03 bits per heavy atom. The summed E-state index contributed by atoms with van der Waals surface area (Å²) in [5.41, 5.74) is 2.22. The highest BCUT2D eigenvalue weighted by molar-refractivity contribution is 5.97. The maximum atomic E-state index is 13.4. The van der Waals surface area contributed by atoms with Gasteiger partial charge < -0.3 is 4.90 Å². The SMILES string of the molecule is Cc1c(C(=O)N2CCC[C@@H]2[C@H]2CCCN2Cc2ccccc2)cccc1[N+](=O)[O-]. The molecule has 2 saturated heterocycles. The third-order valence-electron chi connectivity index (χ3n) is 6.38. The van der Waals surface area contributed by atoms with E-state index in [9.17, 15) is 14.9 Å². The van der Waals surface area contributed by atoms with E-state index in [0.29, 0.717) is 17.2 Å². The predicted octanol–water partition coefficient (Wildman–Crippen LogP) is 4.17. The molecule has 29 heavy (non-hydrogen) atoms. The van der Waals surface area contributed by atoms with Crippen molar-refractivity contribution in [3.05, 3.63) is 75.3 Å². The molecule has 0 aliphatic carbocycles. The standard InChI is InChI=1S/C23H27N3O3/c1-17-19(10-5-11-20(17)26(28)29)23(27)25-15-7-13-22(25)21-12-6-14-24(21)16-18-8-3-2-4-9-18/h2-5,8-11,21-22H,6-7,12-16H2,1H3/t21-,22-/m1/s1. The molecule has 2 aliphatic heterocycles. The molecule has 6 heteroatoms. The predicted molar refractivity (Wildman–Crippen MR) is 112 cm³/mol. The van der Waals surface area contributed by atoms with Crippen molar-refractivity contribution < 1.29 is 9.72 Å². The summed E-state index contributed by atoms with van der Waals surface area (Å²) in [6.07, 6.45) is 4.22. The third-order valence-corrected chi connectivity index (χ3v) is 6.38. The highest BCUT2D eigenvalue weighted by Gasteiger charge is 2.40. The Labute approximate surface area is 171 Å². The summed E-state index contributed by atoms with van der Waals surface area (Å²) in [6.45, 7) is 4.35. The van der Waals surface area contributed by atoms with Crippen molar-refractivity contribution in [3.63, 3.8) is 0 Å². The molecule has 2 aromatic carbocycles. The fourth-order valence-electron chi connectivity index (χ4n) is 4.95. The molecule has 2 atom stereocenters. The number of likely N-dealkylation sites (tertiary alicyclic amines) is 2. The molecule has 2 aromatic rings. The summed E-state index contributed by atoms with van der Waals surface area (Å²) < 4.78 is 0. The summed E-state index contributed by atoms with van der Waals surface area (Å²) in [5, 5.41) is 11.3. The smallest absolute Gasteiger partial charge is 0.273 e. The molecule has 0 radical (unpaired) electrons. The average molecular weight is 393 g/mol. The molecule has 2 heterocycles. The van der Waals surface area contributed by atoms with Crippen molar-refractivity contribution in [2.24, 2.45) is 0 Å². The van der Waals surface area contributed by atoms with E-state index < -0.39 is 4.92 Å². The minimum atomic E-state index is -0.411. The van der Waals surface area contributed by atoms with Crippen LogP contribution in [0.4, 0.5) is 5.69 Å². The summed E-state index contributed by atoms with van der Waals surface area (Å²) in [7, 11) is 0. The monoisotopic (exact) mass is 393 g/mol. The maximum Gasteiger partial charge on any atom is 0.273 e. The van der Waals surface area contributed by atoms with Crippen LogP contribution in [0.25, 0.3) is 0 Å². The largest absolute Gasteiger partial charge is 0.334 e. The van der Waals surface area contributed by atoms with Crippen LogP contribution in [0.3, 0.4) is 0 Å². The maximum absolute atomic E-state index is 13.4. The molecule has 152 valence electrons. The van der Waals surface area contributed by atoms with Crippen molar-refractivity contribution in [2.75, 3.05) is 13.1 Å². The Morgan fingerprint density at radius 2 is 1.76 bits per heavy atom. The van der Waals surface area contributed by atoms with Gasteiger partial charge in [-0.05, 0) is 50.8 Å². The molecule has 0 spiro atoms. The molecule has 0 aromatic heterocycles. The number of rotatable bonds is 5. The van der Waals surface area contributed by atoms with Crippen LogP contribution in [-0.4, -0.2) is 45.8 Å². The number of benzene rings is 2. The zero-order valence-corrected chi connectivity index (χ0v) is 16.8. The van der Waals surface area contributed by atoms with Crippen LogP contribution in [0, 0.1) is 17.0 Å². The van der Waals surface area contributed by atoms with Gasteiger partial charge >= 0.3 is 0 Å². The van der Waals surface area contributed by atoms with Crippen molar-refractivity contribution in [3.8, 4) is 0 Å². The second kappa shape index (κ2) is 8.33. The third kappa shape index (κ3) is 3.90. The topological polar surface area (TPSA) is 66.7 Å². The van der Waals surface area contributed by atoms with Crippen LogP contribution in [0.2, 0.25) is 0 Å². The lowest BCUT2D eigenvalue weighted by Gasteiger charge is -2.35. The van der Waals surface area contributed by atoms with E-state index in [2.05, 4.69) is 29.2 Å². The normalized spacial score (nSPS) is 22.2. The van der Waals surface area contributed by atoms with Crippen LogP contribution in [0.15, 0.2) is 48.5 Å². The van der Waals surface area contributed by atoms with Crippen LogP contribution < -0.4 is 0 Å². The lowest BCUT2D eigenvalue weighted by molar-refractivity contribution is -0.385. The molecule has 0 saturated carbocycles. The molecule has 4 rings (SSSR count). The van der Waals surface area contributed by atoms with Gasteiger partial charge in [0.25, 0.3) is 11.6 Å². The van der Waals surface area contributed by atoms with Crippen molar-refractivity contribution >= 4 is 11.6 Å². The first-order chi connectivity index (χ1) is 14.1. The van der Waals surface area contributed by atoms with Crippen LogP contribution >= 0.6 is 0 Å². The number of nitrogens with zero attached hydrogens (tertiary/aromatic N) is 3. The number of hydrogen-bond acceptors (Lipinski definition) is 4. The van der Waals surface area contributed by atoms with Gasteiger partial charge in [0.2, 0.25) is 0 Å². The van der Waals surface area contributed by atoms with Crippen molar-refractivity contribution in [2.45, 2.75) is 51.2 Å². The molecular weight excluding hydrogens is 366 g/mol. The van der Waals surface area contributed by atoms with Crippen molar-refractivity contribution in [1.82, 2.24) is 9.80 Å². The Bertz CT molecular complexity index is 899. The van der Waals surface area contributed by atoms with Crippen molar-refractivity contribution in [1.29, 1.82) is 0 Å². The minimum Gasteiger partial charge on any atom is -0.334 e. The zero-order valence-electron chi connectivity index (χ0n) is 16.8. The van der Waals surface area contributed by atoms with E-state index in [1.165, 1.54) is 11.6 Å².